The van der Waals surface area contributed by atoms with Crippen molar-refractivity contribution in [1.82, 2.24) is 9.80 Å². The fraction of sp³-hybridized carbons (Fsp3) is 0.481. The van der Waals surface area contributed by atoms with Crippen LogP contribution < -0.4 is 9.47 Å². The monoisotopic (exact) mass is 418 g/mol. The first-order chi connectivity index (χ1) is 15.3. The normalized spacial score (nSPS) is 25.8. The van der Waals surface area contributed by atoms with E-state index in [0.717, 1.165) is 54.5 Å². The summed E-state index contributed by atoms with van der Waals surface area (Å²) in [5.74, 6) is 4.25. The average molecular weight is 419 g/mol. The van der Waals surface area contributed by atoms with E-state index in [4.69, 9.17) is 9.47 Å². The highest BCUT2D eigenvalue weighted by Crippen LogP contribution is 2.43. The largest absolute Gasteiger partial charge is 0.493 e. The molecular weight excluding hydrogens is 384 g/mol. The van der Waals surface area contributed by atoms with Gasteiger partial charge in [0, 0.05) is 39.3 Å². The number of nitrogens with zero attached hydrogens (tertiary/aromatic N) is 2. The Kier molecular flexibility index (Phi) is 6.28. The molecule has 0 aromatic heterocycles. The first kappa shape index (κ1) is 20.6. The predicted octanol–water partition coefficient (Wildman–Crippen LogP) is 4.60. The number of methoxy groups -OCH3 is 1. The zero-order valence-electron chi connectivity index (χ0n) is 18.6. The highest BCUT2D eigenvalue weighted by Gasteiger charge is 2.36. The van der Waals surface area contributed by atoms with E-state index in [9.17, 15) is 0 Å². The summed E-state index contributed by atoms with van der Waals surface area (Å²) in [6.45, 7) is 7.47. The first-order valence-corrected chi connectivity index (χ1v) is 11.7. The van der Waals surface area contributed by atoms with Crippen LogP contribution in [-0.4, -0.2) is 49.6 Å². The fourth-order valence-corrected chi connectivity index (χ4v) is 5.49. The molecule has 1 saturated carbocycles. The summed E-state index contributed by atoms with van der Waals surface area (Å²) in [5.41, 5.74) is 2.45. The molecule has 0 radical (unpaired) electrons. The molecule has 31 heavy (non-hydrogen) atoms. The highest BCUT2D eigenvalue weighted by molar-refractivity contribution is 5.43. The summed E-state index contributed by atoms with van der Waals surface area (Å²) in [7, 11) is 1.70. The van der Waals surface area contributed by atoms with Crippen molar-refractivity contribution in [2.24, 2.45) is 17.8 Å². The maximum atomic E-state index is 6.10. The van der Waals surface area contributed by atoms with E-state index in [0.29, 0.717) is 6.61 Å². The molecule has 5 rings (SSSR count). The van der Waals surface area contributed by atoms with Crippen molar-refractivity contribution in [3.05, 3.63) is 71.8 Å². The Morgan fingerprint density at radius 1 is 0.839 bits per heavy atom. The number of ether oxygens (including phenoxy) is 2. The van der Waals surface area contributed by atoms with Crippen LogP contribution >= 0.6 is 0 Å². The van der Waals surface area contributed by atoms with E-state index >= 15 is 0 Å². The molecule has 4 heteroatoms. The van der Waals surface area contributed by atoms with Gasteiger partial charge < -0.3 is 14.4 Å². The van der Waals surface area contributed by atoms with Crippen molar-refractivity contribution in [1.29, 1.82) is 0 Å². The van der Waals surface area contributed by atoms with Crippen LogP contribution in [0.4, 0.5) is 0 Å². The van der Waals surface area contributed by atoms with Gasteiger partial charge in [-0.25, -0.2) is 0 Å². The van der Waals surface area contributed by atoms with Gasteiger partial charge in [-0.3, -0.25) is 4.90 Å². The second-order valence-corrected chi connectivity index (χ2v) is 9.38. The van der Waals surface area contributed by atoms with E-state index < -0.39 is 0 Å². The van der Waals surface area contributed by atoms with Gasteiger partial charge in [-0.05, 0) is 53.9 Å². The summed E-state index contributed by atoms with van der Waals surface area (Å²) < 4.78 is 11.6. The zero-order chi connectivity index (χ0) is 21.0. The van der Waals surface area contributed by atoms with Gasteiger partial charge in [0.15, 0.2) is 11.5 Å². The summed E-state index contributed by atoms with van der Waals surface area (Å²) in [6.07, 6.45) is 7.76. The van der Waals surface area contributed by atoms with Crippen molar-refractivity contribution in [2.75, 3.05) is 39.8 Å². The standard InChI is InChI=1S/C27H34N2O2/c1-30-26-10-8-23(17-27(26)31-20-21-5-3-2-4-6-21)18-28-11-13-29(14-12-28)19-25-16-22-7-9-24(25)15-22/h2-10,17,22,24-25H,11-16,18-20H2,1H3/t22-,24-,25+/m1/s1. The van der Waals surface area contributed by atoms with Gasteiger partial charge in [0.05, 0.1) is 7.11 Å². The third kappa shape index (κ3) is 4.97. The molecule has 0 amide bonds. The van der Waals surface area contributed by atoms with E-state index in [-0.39, 0.29) is 0 Å². The highest BCUT2D eigenvalue weighted by atomic mass is 16.5. The molecule has 2 aliphatic carbocycles. The SMILES string of the molecule is COc1ccc(CN2CCN(C[C@@H]3C[C@@H]4C=C[C@@H]3C4)CC2)cc1OCc1ccccc1. The molecule has 2 bridgehead atoms. The lowest BCUT2D eigenvalue weighted by atomic mass is 9.93. The molecule has 1 aliphatic heterocycles. The second kappa shape index (κ2) is 9.46. The summed E-state index contributed by atoms with van der Waals surface area (Å²) in [5, 5.41) is 0. The molecule has 1 heterocycles. The van der Waals surface area contributed by atoms with Crippen LogP contribution in [0, 0.1) is 17.8 Å². The first-order valence-electron chi connectivity index (χ1n) is 11.7. The van der Waals surface area contributed by atoms with Crippen LogP contribution in [0.1, 0.15) is 24.0 Å². The van der Waals surface area contributed by atoms with Crippen molar-refractivity contribution >= 4 is 0 Å². The van der Waals surface area contributed by atoms with E-state index in [1.165, 1.54) is 38.0 Å². The van der Waals surface area contributed by atoms with Crippen LogP contribution in [0.3, 0.4) is 0 Å². The molecule has 2 aromatic rings. The maximum absolute atomic E-state index is 6.10. The van der Waals surface area contributed by atoms with Crippen LogP contribution in [-0.2, 0) is 13.2 Å². The van der Waals surface area contributed by atoms with E-state index in [2.05, 4.69) is 46.2 Å². The number of benzene rings is 2. The third-order valence-electron chi connectivity index (χ3n) is 7.25. The van der Waals surface area contributed by atoms with Crippen molar-refractivity contribution in [2.45, 2.75) is 26.0 Å². The van der Waals surface area contributed by atoms with Gasteiger partial charge in [0.2, 0.25) is 0 Å². The Bertz CT molecular complexity index is 889. The fourth-order valence-electron chi connectivity index (χ4n) is 5.49. The minimum absolute atomic E-state index is 0.553. The average Bonchev–Trinajstić information content (AvgIpc) is 3.43. The Morgan fingerprint density at radius 2 is 1.65 bits per heavy atom. The van der Waals surface area contributed by atoms with Crippen LogP contribution in [0.25, 0.3) is 0 Å². The lowest BCUT2D eigenvalue weighted by Gasteiger charge is -2.37. The number of allylic oxidation sites excluding steroid dienone is 2. The molecule has 1 saturated heterocycles. The van der Waals surface area contributed by atoms with Crippen LogP contribution in [0.2, 0.25) is 0 Å². The molecule has 164 valence electrons. The lowest BCUT2D eigenvalue weighted by molar-refractivity contribution is 0.108. The number of rotatable bonds is 8. The molecule has 3 atom stereocenters. The van der Waals surface area contributed by atoms with Gasteiger partial charge in [-0.2, -0.15) is 0 Å². The molecule has 0 spiro atoms. The summed E-state index contributed by atoms with van der Waals surface area (Å²) >= 11 is 0. The number of piperazine rings is 1. The van der Waals surface area contributed by atoms with Gasteiger partial charge >= 0.3 is 0 Å². The topological polar surface area (TPSA) is 24.9 Å². The Labute approximate surface area is 186 Å². The van der Waals surface area contributed by atoms with Crippen LogP contribution in [0.15, 0.2) is 60.7 Å². The number of fused-ring (bicyclic) bond motifs is 2. The Balaban J connectivity index is 1.13. The quantitative estimate of drug-likeness (QED) is 0.585. The molecule has 2 fully saturated rings. The second-order valence-electron chi connectivity index (χ2n) is 9.38. The molecule has 0 unspecified atom stereocenters. The smallest absolute Gasteiger partial charge is 0.161 e. The number of hydrogen-bond donors (Lipinski definition) is 0. The molecule has 0 N–H and O–H groups in total. The van der Waals surface area contributed by atoms with Crippen LogP contribution in [0.5, 0.6) is 11.5 Å². The maximum Gasteiger partial charge on any atom is 0.161 e. The summed E-state index contributed by atoms with van der Waals surface area (Å²) in [6, 6.07) is 16.6. The molecule has 2 aromatic carbocycles. The molecule has 4 nitrogen and oxygen atoms in total. The predicted molar refractivity (Wildman–Crippen MR) is 124 cm³/mol. The van der Waals surface area contributed by atoms with Gasteiger partial charge in [-0.1, -0.05) is 48.6 Å². The Hall–Kier alpha value is -2.30. The summed E-state index contributed by atoms with van der Waals surface area (Å²) in [4.78, 5) is 5.26. The molecule has 3 aliphatic rings. The minimum atomic E-state index is 0.553. The third-order valence-corrected chi connectivity index (χ3v) is 7.25. The number of hydrogen-bond acceptors (Lipinski definition) is 4. The van der Waals surface area contributed by atoms with E-state index in [1.807, 2.05) is 24.3 Å². The van der Waals surface area contributed by atoms with Crippen molar-refractivity contribution < 1.29 is 9.47 Å². The minimum Gasteiger partial charge on any atom is -0.493 e. The van der Waals surface area contributed by atoms with Crippen molar-refractivity contribution in [3.8, 4) is 11.5 Å². The zero-order valence-corrected chi connectivity index (χ0v) is 18.6. The van der Waals surface area contributed by atoms with Gasteiger partial charge in [0.25, 0.3) is 0 Å². The van der Waals surface area contributed by atoms with E-state index in [1.54, 1.807) is 7.11 Å². The van der Waals surface area contributed by atoms with Gasteiger partial charge in [0.1, 0.15) is 6.61 Å². The Morgan fingerprint density at radius 3 is 2.35 bits per heavy atom. The van der Waals surface area contributed by atoms with Crippen molar-refractivity contribution in [3.63, 3.8) is 0 Å². The molecular formula is C27H34N2O2. The van der Waals surface area contributed by atoms with Gasteiger partial charge in [-0.15, -0.1) is 0 Å². The lowest BCUT2D eigenvalue weighted by Crippen LogP contribution is -2.47.